The van der Waals surface area contributed by atoms with Gasteiger partial charge in [0.1, 0.15) is 0 Å². The van der Waals surface area contributed by atoms with Crippen LogP contribution in [0.1, 0.15) is 39.5 Å². The molecule has 0 spiro atoms. The van der Waals surface area contributed by atoms with E-state index in [-0.39, 0.29) is 18.1 Å². The highest BCUT2D eigenvalue weighted by molar-refractivity contribution is 7.87. The van der Waals surface area contributed by atoms with Crippen LogP contribution in [0.5, 0.6) is 0 Å². The number of piperazine rings is 1. The van der Waals surface area contributed by atoms with E-state index in [1.807, 2.05) is 18.2 Å². The monoisotopic (exact) mass is 337 g/mol. The van der Waals surface area contributed by atoms with Crippen LogP contribution in [0.25, 0.3) is 0 Å². The Morgan fingerprint density at radius 1 is 1.00 bits per heavy atom. The number of para-hydroxylation sites is 1. The highest BCUT2D eigenvalue weighted by Crippen LogP contribution is 2.26. The number of nitrogens with zero attached hydrogens (tertiary/aromatic N) is 2. The maximum absolute atomic E-state index is 12.7. The molecule has 2 fully saturated rings. The Morgan fingerprint density at radius 3 is 2.13 bits per heavy atom. The van der Waals surface area contributed by atoms with Gasteiger partial charge in [-0.3, -0.25) is 0 Å². The predicted octanol–water partition coefficient (Wildman–Crippen LogP) is 2.36. The third-order valence-electron chi connectivity index (χ3n) is 4.95. The van der Waals surface area contributed by atoms with E-state index < -0.39 is 10.2 Å². The summed E-state index contributed by atoms with van der Waals surface area (Å²) in [7, 11) is -3.38. The van der Waals surface area contributed by atoms with E-state index in [2.05, 4.69) is 35.6 Å². The summed E-state index contributed by atoms with van der Waals surface area (Å²) in [6, 6.07) is 10.7. The Bertz CT molecular complexity index is 602. The Kier molecular flexibility index (Phi) is 4.94. The molecule has 1 aromatic rings. The molecule has 0 bridgehead atoms. The maximum Gasteiger partial charge on any atom is 0.279 e. The zero-order valence-corrected chi connectivity index (χ0v) is 14.8. The normalized spacial score (nSPS) is 27.5. The molecule has 0 aromatic heterocycles. The van der Waals surface area contributed by atoms with Crippen molar-refractivity contribution in [1.29, 1.82) is 0 Å². The minimum atomic E-state index is -3.38. The first-order valence-corrected chi connectivity index (χ1v) is 10.0. The summed E-state index contributed by atoms with van der Waals surface area (Å²) < 4.78 is 29.9. The van der Waals surface area contributed by atoms with E-state index in [0.717, 1.165) is 31.4 Å². The molecule has 2 atom stereocenters. The van der Waals surface area contributed by atoms with Gasteiger partial charge in [0.2, 0.25) is 0 Å². The fraction of sp³-hybridized carbons (Fsp3) is 0.647. The number of nitrogens with one attached hydrogen (secondary N) is 1. The van der Waals surface area contributed by atoms with Gasteiger partial charge in [-0.1, -0.05) is 31.0 Å². The van der Waals surface area contributed by atoms with Crippen LogP contribution in [0, 0.1) is 0 Å². The molecule has 1 aromatic carbocycles. The number of benzene rings is 1. The van der Waals surface area contributed by atoms with Crippen LogP contribution in [0.15, 0.2) is 30.3 Å². The van der Waals surface area contributed by atoms with Crippen molar-refractivity contribution >= 4 is 15.9 Å². The lowest BCUT2D eigenvalue weighted by molar-refractivity contribution is 0.296. The van der Waals surface area contributed by atoms with E-state index in [9.17, 15) is 8.42 Å². The molecule has 1 heterocycles. The minimum absolute atomic E-state index is 0.123. The Labute approximate surface area is 139 Å². The van der Waals surface area contributed by atoms with E-state index in [4.69, 9.17) is 0 Å². The third-order valence-corrected chi connectivity index (χ3v) is 6.56. The van der Waals surface area contributed by atoms with Gasteiger partial charge in [-0.25, -0.2) is 0 Å². The van der Waals surface area contributed by atoms with Gasteiger partial charge in [0.25, 0.3) is 10.2 Å². The van der Waals surface area contributed by atoms with E-state index in [1.54, 1.807) is 4.31 Å². The van der Waals surface area contributed by atoms with Crippen LogP contribution in [0.4, 0.5) is 5.69 Å². The molecule has 2 unspecified atom stereocenters. The van der Waals surface area contributed by atoms with Gasteiger partial charge < -0.3 is 4.90 Å². The fourth-order valence-electron chi connectivity index (χ4n) is 3.91. The Morgan fingerprint density at radius 2 is 1.57 bits per heavy atom. The predicted molar refractivity (Wildman–Crippen MR) is 93.7 cm³/mol. The summed E-state index contributed by atoms with van der Waals surface area (Å²) in [5.74, 6) is 0. The van der Waals surface area contributed by atoms with Crippen molar-refractivity contribution in [2.45, 2.75) is 57.7 Å². The lowest BCUT2D eigenvalue weighted by Crippen LogP contribution is -2.60. The second-order valence-corrected chi connectivity index (χ2v) is 8.56. The summed E-state index contributed by atoms with van der Waals surface area (Å²) in [4.78, 5) is 2.32. The summed E-state index contributed by atoms with van der Waals surface area (Å²) in [6.07, 6.45) is 4.19. The largest absolute Gasteiger partial charge is 0.363 e. The first-order valence-electron chi connectivity index (χ1n) is 8.58. The second kappa shape index (κ2) is 6.79. The smallest absolute Gasteiger partial charge is 0.279 e. The van der Waals surface area contributed by atoms with Gasteiger partial charge in [-0.05, 0) is 38.8 Å². The maximum atomic E-state index is 12.7. The van der Waals surface area contributed by atoms with Crippen LogP contribution in [-0.2, 0) is 10.2 Å². The minimum Gasteiger partial charge on any atom is -0.363 e. The average Bonchev–Trinajstić information content (AvgIpc) is 3.00. The molecule has 2 aliphatic rings. The number of hydrogen-bond acceptors (Lipinski definition) is 3. The zero-order valence-electron chi connectivity index (χ0n) is 14.0. The second-order valence-electron chi connectivity index (χ2n) is 6.86. The van der Waals surface area contributed by atoms with Crippen LogP contribution in [0.3, 0.4) is 0 Å². The Hall–Kier alpha value is -1.11. The lowest BCUT2D eigenvalue weighted by Gasteiger charge is -2.45. The van der Waals surface area contributed by atoms with Crippen LogP contribution in [-0.4, -0.2) is 43.9 Å². The topological polar surface area (TPSA) is 52.7 Å². The van der Waals surface area contributed by atoms with Crippen molar-refractivity contribution in [1.82, 2.24) is 9.03 Å². The van der Waals surface area contributed by atoms with Gasteiger partial charge in [0, 0.05) is 36.9 Å². The van der Waals surface area contributed by atoms with E-state index in [0.29, 0.717) is 13.1 Å². The highest BCUT2D eigenvalue weighted by Gasteiger charge is 2.36. The van der Waals surface area contributed by atoms with Crippen LogP contribution in [0.2, 0.25) is 0 Å². The van der Waals surface area contributed by atoms with Crippen LogP contribution < -0.4 is 9.62 Å². The molecule has 5 nitrogen and oxygen atoms in total. The molecule has 1 N–H and O–H groups in total. The van der Waals surface area contributed by atoms with Crippen molar-refractivity contribution < 1.29 is 8.42 Å². The summed E-state index contributed by atoms with van der Waals surface area (Å²) in [6.45, 7) is 5.25. The van der Waals surface area contributed by atoms with Gasteiger partial charge in [-0.15, -0.1) is 0 Å². The average molecular weight is 337 g/mol. The van der Waals surface area contributed by atoms with Gasteiger partial charge in [-0.2, -0.15) is 17.4 Å². The summed E-state index contributed by atoms with van der Waals surface area (Å²) in [5.41, 5.74) is 1.16. The standard InChI is InChI=1S/C17H27N3O2S/c1-14-12-19(23(21,22)18-16-8-6-7-9-16)13-15(2)20(14)17-10-4-3-5-11-17/h3-5,10-11,14-16,18H,6-9,12-13H2,1-2H3. The fourth-order valence-corrected chi connectivity index (χ4v) is 5.54. The molecule has 1 aliphatic carbocycles. The SMILES string of the molecule is CC1CN(S(=O)(=O)NC2CCCC2)CC(C)N1c1ccccc1. The molecule has 1 aliphatic heterocycles. The van der Waals surface area contributed by atoms with Gasteiger partial charge >= 0.3 is 0 Å². The third kappa shape index (κ3) is 3.70. The molecule has 1 saturated heterocycles. The van der Waals surface area contributed by atoms with Crippen molar-refractivity contribution in [3.05, 3.63) is 30.3 Å². The van der Waals surface area contributed by atoms with Crippen molar-refractivity contribution in [3.8, 4) is 0 Å². The van der Waals surface area contributed by atoms with Crippen LogP contribution >= 0.6 is 0 Å². The first-order chi connectivity index (χ1) is 11.0. The lowest BCUT2D eigenvalue weighted by atomic mass is 10.1. The van der Waals surface area contributed by atoms with E-state index >= 15 is 0 Å². The highest BCUT2D eigenvalue weighted by atomic mass is 32.2. The molecular formula is C17H27N3O2S. The molecule has 0 radical (unpaired) electrons. The summed E-state index contributed by atoms with van der Waals surface area (Å²) in [5, 5.41) is 0. The number of anilines is 1. The molecule has 128 valence electrons. The first kappa shape index (κ1) is 16.7. The summed E-state index contributed by atoms with van der Waals surface area (Å²) >= 11 is 0. The number of hydrogen-bond donors (Lipinski definition) is 1. The van der Waals surface area contributed by atoms with Gasteiger partial charge in [0.15, 0.2) is 0 Å². The molecular weight excluding hydrogens is 310 g/mol. The molecule has 23 heavy (non-hydrogen) atoms. The molecule has 1 saturated carbocycles. The van der Waals surface area contributed by atoms with Crippen molar-refractivity contribution in [2.75, 3.05) is 18.0 Å². The Balaban J connectivity index is 1.71. The van der Waals surface area contributed by atoms with Crippen molar-refractivity contribution in [2.24, 2.45) is 0 Å². The quantitative estimate of drug-likeness (QED) is 0.918. The van der Waals surface area contributed by atoms with Crippen molar-refractivity contribution in [3.63, 3.8) is 0 Å². The molecule has 6 heteroatoms. The number of rotatable bonds is 4. The zero-order chi connectivity index (χ0) is 16.4. The van der Waals surface area contributed by atoms with E-state index in [1.165, 1.54) is 0 Å². The molecule has 3 rings (SSSR count). The van der Waals surface area contributed by atoms with Gasteiger partial charge in [0.05, 0.1) is 0 Å². The molecule has 0 amide bonds.